The first kappa shape index (κ1) is 15.2. The van der Waals surface area contributed by atoms with Crippen LogP contribution in [0.15, 0.2) is 60.7 Å². The molecule has 0 N–H and O–H groups in total. The first-order chi connectivity index (χ1) is 9.70. The van der Waals surface area contributed by atoms with Gasteiger partial charge in [0.15, 0.2) is 0 Å². The lowest BCUT2D eigenvalue weighted by Crippen LogP contribution is -1.99. The second-order valence-corrected chi connectivity index (χ2v) is 5.64. The first-order valence-corrected chi connectivity index (χ1v) is 7.62. The molecule has 2 aromatic carbocycles. The lowest BCUT2D eigenvalue weighted by Gasteiger charge is -2.16. The summed E-state index contributed by atoms with van der Waals surface area (Å²) in [4.78, 5) is 0. The third kappa shape index (κ3) is 4.13. The highest BCUT2D eigenvalue weighted by Crippen LogP contribution is 2.30. The largest absolute Gasteiger partial charge is 0.0888 e. The summed E-state index contributed by atoms with van der Waals surface area (Å²) in [6.45, 7) is 2.15. The van der Waals surface area contributed by atoms with Crippen LogP contribution < -0.4 is 0 Å². The van der Waals surface area contributed by atoms with E-state index in [1.807, 2.05) is 24.3 Å². The van der Waals surface area contributed by atoms with Crippen molar-refractivity contribution in [3.8, 4) is 0 Å². The van der Waals surface area contributed by atoms with Crippen molar-refractivity contribution in [1.29, 1.82) is 0 Å². The minimum absolute atomic E-state index is 0.340. The van der Waals surface area contributed by atoms with Crippen LogP contribution in [-0.4, -0.2) is 0 Å². The zero-order valence-corrected chi connectivity index (χ0v) is 13.0. The molecule has 0 aliphatic carbocycles. The molecule has 0 amide bonds. The second-order valence-electron chi connectivity index (χ2n) is 4.77. The van der Waals surface area contributed by atoms with Crippen molar-refractivity contribution in [2.24, 2.45) is 0 Å². The Morgan fingerprint density at radius 3 is 1.65 bits per heavy atom. The van der Waals surface area contributed by atoms with Gasteiger partial charge in [-0.05, 0) is 48.2 Å². The second kappa shape index (κ2) is 7.52. The van der Waals surface area contributed by atoms with Crippen molar-refractivity contribution in [1.82, 2.24) is 0 Å². The molecule has 0 aliphatic rings. The summed E-state index contributed by atoms with van der Waals surface area (Å²) in [5.41, 5.74) is 2.55. The molecule has 0 spiro atoms. The van der Waals surface area contributed by atoms with E-state index in [1.54, 1.807) is 0 Å². The fourth-order valence-electron chi connectivity index (χ4n) is 2.25. The zero-order valence-electron chi connectivity index (χ0n) is 11.5. The van der Waals surface area contributed by atoms with Gasteiger partial charge in [0, 0.05) is 16.0 Å². The fraction of sp³-hybridized carbons (Fsp3) is 0.222. The standard InChI is InChI=1S/C18H18Cl2/c1-2-3-4-5-18(14-6-10-16(19)11-7-14)15-8-12-17(20)13-9-15/h3-4,6-13,18H,2,5H2,1H3. The average Bonchev–Trinajstić information content (AvgIpc) is 2.46. The van der Waals surface area contributed by atoms with E-state index >= 15 is 0 Å². The van der Waals surface area contributed by atoms with Crippen LogP contribution in [0.25, 0.3) is 0 Å². The number of halogens is 2. The van der Waals surface area contributed by atoms with Crippen LogP contribution in [0.2, 0.25) is 10.0 Å². The molecule has 0 saturated carbocycles. The van der Waals surface area contributed by atoms with E-state index in [0.717, 1.165) is 22.9 Å². The molecule has 0 aromatic heterocycles. The third-order valence-corrected chi connectivity index (χ3v) is 3.82. The van der Waals surface area contributed by atoms with Gasteiger partial charge >= 0.3 is 0 Å². The Morgan fingerprint density at radius 1 is 0.800 bits per heavy atom. The van der Waals surface area contributed by atoms with Crippen molar-refractivity contribution >= 4 is 23.2 Å². The van der Waals surface area contributed by atoms with Crippen LogP contribution in [0.4, 0.5) is 0 Å². The zero-order chi connectivity index (χ0) is 14.4. The number of allylic oxidation sites excluding steroid dienone is 2. The van der Waals surface area contributed by atoms with E-state index in [4.69, 9.17) is 23.2 Å². The summed E-state index contributed by atoms with van der Waals surface area (Å²) in [6.07, 6.45) is 6.50. The Labute approximate surface area is 131 Å². The molecule has 0 atom stereocenters. The van der Waals surface area contributed by atoms with Crippen LogP contribution in [0, 0.1) is 0 Å². The van der Waals surface area contributed by atoms with Gasteiger partial charge in [0.1, 0.15) is 0 Å². The Hall–Kier alpha value is -1.24. The van der Waals surface area contributed by atoms with Gasteiger partial charge in [-0.25, -0.2) is 0 Å². The van der Waals surface area contributed by atoms with E-state index in [1.165, 1.54) is 11.1 Å². The van der Waals surface area contributed by atoms with Crippen molar-refractivity contribution in [3.05, 3.63) is 81.9 Å². The van der Waals surface area contributed by atoms with Gasteiger partial charge in [-0.3, -0.25) is 0 Å². The number of hydrogen-bond donors (Lipinski definition) is 0. The molecule has 20 heavy (non-hydrogen) atoms. The molecule has 0 aliphatic heterocycles. The monoisotopic (exact) mass is 304 g/mol. The molecular formula is C18H18Cl2. The van der Waals surface area contributed by atoms with Gasteiger partial charge in [0.05, 0.1) is 0 Å². The minimum Gasteiger partial charge on any atom is -0.0888 e. The topological polar surface area (TPSA) is 0 Å². The average molecular weight is 305 g/mol. The van der Waals surface area contributed by atoms with Crippen molar-refractivity contribution in [3.63, 3.8) is 0 Å². The van der Waals surface area contributed by atoms with Crippen molar-refractivity contribution in [2.75, 3.05) is 0 Å². The van der Waals surface area contributed by atoms with Gasteiger partial charge in [0.25, 0.3) is 0 Å². The maximum atomic E-state index is 5.98. The molecule has 2 heteroatoms. The number of rotatable bonds is 5. The molecule has 0 nitrogen and oxygen atoms in total. The van der Waals surface area contributed by atoms with Crippen LogP contribution >= 0.6 is 23.2 Å². The van der Waals surface area contributed by atoms with Gasteiger partial charge in [-0.1, -0.05) is 66.5 Å². The van der Waals surface area contributed by atoms with Gasteiger partial charge in [0.2, 0.25) is 0 Å². The molecule has 2 rings (SSSR count). The molecule has 104 valence electrons. The van der Waals surface area contributed by atoms with Gasteiger partial charge in [-0.15, -0.1) is 0 Å². The van der Waals surface area contributed by atoms with E-state index in [9.17, 15) is 0 Å². The summed E-state index contributed by atoms with van der Waals surface area (Å²) < 4.78 is 0. The van der Waals surface area contributed by atoms with E-state index in [-0.39, 0.29) is 0 Å². The highest BCUT2D eigenvalue weighted by atomic mass is 35.5. The summed E-state index contributed by atoms with van der Waals surface area (Å²) in [5.74, 6) is 0.340. The van der Waals surface area contributed by atoms with Crippen LogP contribution in [0.3, 0.4) is 0 Å². The maximum absolute atomic E-state index is 5.98. The maximum Gasteiger partial charge on any atom is 0.0406 e. The molecule has 0 heterocycles. The first-order valence-electron chi connectivity index (χ1n) is 6.86. The molecule has 0 radical (unpaired) electrons. The SMILES string of the molecule is CCC=CCC(c1ccc(Cl)cc1)c1ccc(Cl)cc1. The normalized spacial score (nSPS) is 11.4. The predicted octanol–water partition coefficient (Wildman–Crippen LogP) is 6.48. The summed E-state index contributed by atoms with van der Waals surface area (Å²) in [6, 6.07) is 16.2. The van der Waals surface area contributed by atoms with E-state index in [2.05, 4.69) is 43.3 Å². The molecule has 2 aromatic rings. The molecular weight excluding hydrogens is 287 g/mol. The molecule has 0 fully saturated rings. The summed E-state index contributed by atoms with van der Waals surface area (Å²) in [5, 5.41) is 1.54. The molecule has 0 bridgehead atoms. The smallest absolute Gasteiger partial charge is 0.0406 e. The van der Waals surface area contributed by atoms with Gasteiger partial charge in [-0.2, -0.15) is 0 Å². The quantitative estimate of drug-likeness (QED) is 0.554. The van der Waals surface area contributed by atoms with E-state index in [0.29, 0.717) is 5.92 Å². The number of hydrogen-bond acceptors (Lipinski definition) is 0. The van der Waals surface area contributed by atoms with Gasteiger partial charge < -0.3 is 0 Å². The highest BCUT2D eigenvalue weighted by molar-refractivity contribution is 6.30. The highest BCUT2D eigenvalue weighted by Gasteiger charge is 2.12. The Morgan fingerprint density at radius 2 is 1.25 bits per heavy atom. The lowest BCUT2D eigenvalue weighted by atomic mass is 9.88. The minimum atomic E-state index is 0.340. The van der Waals surface area contributed by atoms with Crippen LogP contribution in [0.1, 0.15) is 36.8 Å². The Kier molecular flexibility index (Phi) is 5.70. The van der Waals surface area contributed by atoms with Crippen molar-refractivity contribution in [2.45, 2.75) is 25.7 Å². The fourth-order valence-corrected chi connectivity index (χ4v) is 2.51. The lowest BCUT2D eigenvalue weighted by molar-refractivity contribution is 0.827. The summed E-state index contributed by atoms with van der Waals surface area (Å²) >= 11 is 12.0. The predicted molar refractivity (Wildman–Crippen MR) is 88.8 cm³/mol. The molecule has 0 unspecified atom stereocenters. The molecule has 0 saturated heterocycles. The summed E-state index contributed by atoms with van der Waals surface area (Å²) in [7, 11) is 0. The van der Waals surface area contributed by atoms with Crippen molar-refractivity contribution < 1.29 is 0 Å². The van der Waals surface area contributed by atoms with Crippen LogP contribution in [-0.2, 0) is 0 Å². The number of benzene rings is 2. The van der Waals surface area contributed by atoms with E-state index < -0.39 is 0 Å². The Balaban J connectivity index is 2.30. The van der Waals surface area contributed by atoms with Crippen LogP contribution in [0.5, 0.6) is 0 Å². The Bertz CT molecular complexity index is 507. The third-order valence-electron chi connectivity index (χ3n) is 3.32.